The van der Waals surface area contributed by atoms with Gasteiger partial charge in [-0.25, -0.2) is 0 Å². The van der Waals surface area contributed by atoms with Crippen LogP contribution in [0, 0.1) is 0 Å². The summed E-state index contributed by atoms with van der Waals surface area (Å²) < 4.78 is 0. The fraction of sp³-hybridized carbons (Fsp3) is 0. The normalized spacial score (nSPS) is 11.1. The van der Waals surface area contributed by atoms with Gasteiger partial charge in [0, 0.05) is 16.9 Å². The van der Waals surface area contributed by atoms with Gasteiger partial charge < -0.3 is 4.90 Å². The zero-order valence-electron chi connectivity index (χ0n) is 32.6. The molecule has 0 heterocycles. The van der Waals surface area contributed by atoms with E-state index in [-0.39, 0.29) is 0 Å². The first-order valence-corrected chi connectivity index (χ1v) is 20.2. The molecule has 0 N–H and O–H groups in total. The van der Waals surface area contributed by atoms with Gasteiger partial charge in [0.25, 0.3) is 0 Å². The molecular weight excluding hydrogens is 711 g/mol. The Morgan fingerprint density at radius 2 is 0.644 bits per heavy atom. The Bertz CT molecular complexity index is 2960. The van der Waals surface area contributed by atoms with E-state index in [0.29, 0.717) is 0 Å². The summed E-state index contributed by atoms with van der Waals surface area (Å²) in [4.78, 5) is 2.41. The van der Waals surface area contributed by atoms with Crippen molar-refractivity contribution in [2.24, 2.45) is 0 Å². The SMILES string of the molecule is c1ccc(-c2cc(-c3ccccc3)cc(-c3ccc(N(c4cccc(-c5ccccc5)c4)c4ccccc4-c4cccc(-c5cccc6ccccc56)c4)cc3)c2)cc1. The summed E-state index contributed by atoms with van der Waals surface area (Å²) in [5.41, 5.74) is 17.5. The van der Waals surface area contributed by atoms with E-state index in [9.17, 15) is 0 Å². The molecule has 0 amide bonds. The van der Waals surface area contributed by atoms with Crippen molar-refractivity contribution >= 4 is 27.8 Å². The van der Waals surface area contributed by atoms with Crippen LogP contribution >= 0.6 is 0 Å². The fourth-order valence-electron chi connectivity index (χ4n) is 8.32. The fourth-order valence-corrected chi connectivity index (χ4v) is 8.32. The average molecular weight is 752 g/mol. The van der Waals surface area contributed by atoms with Crippen molar-refractivity contribution in [3.63, 3.8) is 0 Å². The second kappa shape index (κ2) is 16.0. The van der Waals surface area contributed by atoms with Gasteiger partial charge in [-0.05, 0) is 127 Å². The van der Waals surface area contributed by atoms with Gasteiger partial charge in [-0.1, -0.05) is 194 Å². The number of hydrogen-bond acceptors (Lipinski definition) is 1. The molecule has 0 aliphatic rings. The summed E-state index contributed by atoms with van der Waals surface area (Å²) in [6.07, 6.45) is 0. The van der Waals surface area contributed by atoms with Gasteiger partial charge in [0.05, 0.1) is 5.69 Å². The van der Waals surface area contributed by atoms with E-state index in [2.05, 4.69) is 254 Å². The van der Waals surface area contributed by atoms with Crippen molar-refractivity contribution in [3.8, 4) is 66.8 Å². The van der Waals surface area contributed by atoms with Gasteiger partial charge in [-0.3, -0.25) is 0 Å². The monoisotopic (exact) mass is 751 g/mol. The molecule has 10 aromatic carbocycles. The van der Waals surface area contributed by atoms with Gasteiger partial charge in [0.1, 0.15) is 0 Å². The Morgan fingerprint density at radius 1 is 0.220 bits per heavy atom. The first kappa shape index (κ1) is 35.7. The molecule has 1 heteroatoms. The molecule has 0 spiro atoms. The van der Waals surface area contributed by atoms with Gasteiger partial charge in [-0.2, -0.15) is 0 Å². The molecule has 10 aromatic rings. The minimum atomic E-state index is 1.08. The molecule has 0 unspecified atom stereocenters. The Labute approximate surface area is 346 Å². The quantitative estimate of drug-likeness (QED) is 0.142. The van der Waals surface area contributed by atoms with E-state index in [4.69, 9.17) is 0 Å². The predicted octanol–water partition coefficient (Wildman–Crippen LogP) is 16.3. The van der Waals surface area contributed by atoms with E-state index in [1.807, 2.05) is 0 Å². The molecule has 0 aromatic heterocycles. The molecular formula is C58H41N. The second-order valence-corrected chi connectivity index (χ2v) is 15.0. The van der Waals surface area contributed by atoms with Crippen LogP contribution < -0.4 is 4.90 Å². The summed E-state index contributed by atoms with van der Waals surface area (Å²) in [6, 6.07) is 89.9. The van der Waals surface area contributed by atoms with Crippen LogP contribution in [0.25, 0.3) is 77.5 Å². The zero-order valence-corrected chi connectivity index (χ0v) is 32.6. The van der Waals surface area contributed by atoms with Gasteiger partial charge in [0.2, 0.25) is 0 Å². The maximum atomic E-state index is 2.41. The number of nitrogens with zero attached hydrogens (tertiary/aromatic N) is 1. The van der Waals surface area contributed by atoms with Gasteiger partial charge in [0.15, 0.2) is 0 Å². The third-order valence-corrected chi connectivity index (χ3v) is 11.2. The van der Waals surface area contributed by atoms with Crippen LogP contribution in [0.2, 0.25) is 0 Å². The highest BCUT2D eigenvalue weighted by Crippen LogP contribution is 2.44. The Hall–Kier alpha value is -7.74. The molecule has 0 fully saturated rings. The molecule has 278 valence electrons. The highest BCUT2D eigenvalue weighted by atomic mass is 15.1. The third kappa shape index (κ3) is 7.34. The van der Waals surface area contributed by atoms with Crippen molar-refractivity contribution in [2.75, 3.05) is 4.90 Å². The minimum Gasteiger partial charge on any atom is -0.310 e. The van der Waals surface area contributed by atoms with Crippen molar-refractivity contribution in [3.05, 3.63) is 249 Å². The topological polar surface area (TPSA) is 3.24 Å². The maximum absolute atomic E-state index is 2.41. The Balaban J connectivity index is 1.10. The lowest BCUT2D eigenvalue weighted by atomic mass is 9.93. The molecule has 0 radical (unpaired) electrons. The van der Waals surface area contributed by atoms with Crippen molar-refractivity contribution < 1.29 is 0 Å². The van der Waals surface area contributed by atoms with Crippen LogP contribution in [-0.4, -0.2) is 0 Å². The number of hydrogen-bond donors (Lipinski definition) is 0. The molecule has 0 saturated carbocycles. The first-order chi connectivity index (χ1) is 29.2. The second-order valence-electron chi connectivity index (χ2n) is 15.0. The lowest BCUT2D eigenvalue weighted by Crippen LogP contribution is -2.11. The van der Waals surface area contributed by atoms with Gasteiger partial charge >= 0.3 is 0 Å². The van der Waals surface area contributed by atoms with E-state index in [1.165, 1.54) is 60.8 Å². The molecule has 0 saturated heterocycles. The van der Waals surface area contributed by atoms with Gasteiger partial charge in [-0.15, -0.1) is 0 Å². The number of anilines is 3. The lowest BCUT2D eigenvalue weighted by Gasteiger charge is -2.28. The maximum Gasteiger partial charge on any atom is 0.0540 e. The first-order valence-electron chi connectivity index (χ1n) is 20.2. The van der Waals surface area contributed by atoms with Crippen LogP contribution in [0.1, 0.15) is 0 Å². The third-order valence-electron chi connectivity index (χ3n) is 11.2. The van der Waals surface area contributed by atoms with E-state index in [0.717, 1.165) is 33.8 Å². The molecule has 0 atom stereocenters. The standard InChI is InChI=1S/C58H41N/c1-4-17-42(18-5-1)47-25-15-28-54(41-47)59(58-32-13-12-30-57(58)49-27-14-26-48(37-49)56-31-16-24-46-23-10-11-29-55(46)56)53-35-33-45(34-36-53)52-39-50(43-19-6-2-7-20-43)38-51(40-52)44-21-8-3-9-22-44/h1-41H. The zero-order chi connectivity index (χ0) is 39.4. The molecule has 59 heavy (non-hydrogen) atoms. The van der Waals surface area contributed by atoms with Crippen LogP contribution in [0.3, 0.4) is 0 Å². The summed E-state index contributed by atoms with van der Waals surface area (Å²) in [6.45, 7) is 0. The lowest BCUT2D eigenvalue weighted by molar-refractivity contribution is 1.28. The smallest absolute Gasteiger partial charge is 0.0540 e. The van der Waals surface area contributed by atoms with E-state index >= 15 is 0 Å². The minimum absolute atomic E-state index is 1.08. The number of para-hydroxylation sites is 1. The molecule has 0 bridgehead atoms. The summed E-state index contributed by atoms with van der Waals surface area (Å²) in [7, 11) is 0. The summed E-state index contributed by atoms with van der Waals surface area (Å²) in [5.74, 6) is 0. The Morgan fingerprint density at radius 3 is 1.31 bits per heavy atom. The van der Waals surface area contributed by atoms with E-state index in [1.54, 1.807) is 0 Å². The summed E-state index contributed by atoms with van der Waals surface area (Å²) in [5, 5.41) is 2.50. The summed E-state index contributed by atoms with van der Waals surface area (Å²) >= 11 is 0. The molecule has 10 rings (SSSR count). The predicted molar refractivity (Wildman–Crippen MR) is 251 cm³/mol. The molecule has 0 aliphatic heterocycles. The largest absolute Gasteiger partial charge is 0.310 e. The molecule has 0 aliphatic carbocycles. The van der Waals surface area contributed by atoms with Crippen LogP contribution in [-0.2, 0) is 0 Å². The Kier molecular flexibility index (Phi) is 9.68. The number of benzene rings is 10. The van der Waals surface area contributed by atoms with Crippen molar-refractivity contribution in [1.29, 1.82) is 0 Å². The van der Waals surface area contributed by atoms with Crippen molar-refractivity contribution in [1.82, 2.24) is 0 Å². The highest BCUT2D eigenvalue weighted by Gasteiger charge is 2.19. The average Bonchev–Trinajstić information content (AvgIpc) is 3.33. The van der Waals surface area contributed by atoms with Crippen molar-refractivity contribution in [2.45, 2.75) is 0 Å². The van der Waals surface area contributed by atoms with E-state index < -0.39 is 0 Å². The highest BCUT2D eigenvalue weighted by molar-refractivity contribution is 5.98. The molecule has 1 nitrogen and oxygen atoms in total. The number of fused-ring (bicyclic) bond motifs is 1. The number of rotatable bonds is 9. The van der Waals surface area contributed by atoms with Crippen LogP contribution in [0.15, 0.2) is 249 Å². The van der Waals surface area contributed by atoms with Crippen LogP contribution in [0.4, 0.5) is 17.1 Å². The van der Waals surface area contributed by atoms with Crippen LogP contribution in [0.5, 0.6) is 0 Å².